The molecule has 3 heterocycles. The molecule has 1 unspecified atom stereocenters. The van der Waals surface area contributed by atoms with E-state index in [-0.39, 0.29) is 5.41 Å². The fraction of sp³-hybridized carbons (Fsp3) is 0.368. The van der Waals surface area contributed by atoms with E-state index < -0.39 is 5.60 Å². The predicted molar refractivity (Wildman–Crippen MR) is 84.1 cm³/mol. The molecule has 3 aliphatic heterocycles. The van der Waals surface area contributed by atoms with Gasteiger partial charge in [-0.2, -0.15) is 0 Å². The van der Waals surface area contributed by atoms with Gasteiger partial charge in [-0.05, 0) is 37.1 Å². The summed E-state index contributed by atoms with van der Waals surface area (Å²) in [6.45, 7) is 2.92. The Morgan fingerprint density at radius 1 is 0.762 bits per heavy atom. The molecule has 0 amide bonds. The van der Waals surface area contributed by atoms with Crippen molar-refractivity contribution in [2.75, 3.05) is 19.6 Å². The summed E-state index contributed by atoms with van der Waals surface area (Å²) in [5, 5.41) is 11.7. The molecule has 21 heavy (non-hydrogen) atoms. The van der Waals surface area contributed by atoms with Gasteiger partial charge in [0.15, 0.2) is 0 Å². The van der Waals surface area contributed by atoms with Gasteiger partial charge in [0.2, 0.25) is 0 Å². The Labute approximate surface area is 126 Å². The maximum Gasteiger partial charge on any atom is 0.112 e. The Morgan fingerprint density at radius 2 is 1.29 bits per heavy atom. The zero-order valence-electron chi connectivity index (χ0n) is 12.2. The average molecular weight is 279 g/mol. The van der Waals surface area contributed by atoms with Gasteiger partial charge in [0, 0.05) is 12.0 Å². The standard InChI is InChI=1S/C19H21NO/c21-19(17-9-5-2-6-10-17)15-20-13-11-18(19,12-14-20)16-7-3-1-4-8-16/h1-10,21H,11-15H2. The molecule has 2 heteroatoms. The van der Waals surface area contributed by atoms with Gasteiger partial charge in [-0.1, -0.05) is 60.7 Å². The van der Waals surface area contributed by atoms with Crippen LogP contribution in [0, 0.1) is 0 Å². The number of piperidine rings is 3. The van der Waals surface area contributed by atoms with Gasteiger partial charge in [0.25, 0.3) is 0 Å². The van der Waals surface area contributed by atoms with E-state index in [4.69, 9.17) is 0 Å². The summed E-state index contributed by atoms with van der Waals surface area (Å²) < 4.78 is 0. The molecule has 0 aliphatic carbocycles. The Balaban J connectivity index is 1.89. The van der Waals surface area contributed by atoms with E-state index in [1.165, 1.54) is 5.56 Å². The van der Waals surface area contributed by atoms with Crippen LogP contribution in [0.25, 0.3) is 0 Å². The summed E-state index contributed by atoms with van der Waals surface area (Å²) in [7, 11) is 0. The quantitative estimate of drug-likeness (QED) is 0.913. The minimum atomic E-state index is -0.786. The van der Waals surface area contributed by atoms with E-state index in [0.29, 0.717) is 0 Å². The van der Waals surface area contributed by atoms with Gasteiger partial charge < -0.3 is 10.0 Å². The highest BCUT2D eigenvalue weighted by atomic mass is 16.3. The van der Waals surface area contributed by atoms with Crippen LogP contribution in [0.3, 0.4) is 0 Å². The van der Waals surface area contributed by atoms with Crippen LogP contribution in [0.4, 0.5) is 0 Å². The molecular formula is C19H21NO. The number of fused-ring (bicyclic) bond motifs is 3. The molecule has 5 rings (SSSR count). The van der Waals surface area contributed by atoms with Crippen molar-refractivity contribution >= 4 is 0 Å². The zero-order valence-corrected chi connectivity index (χ0v) is 12.2. The number of nitrogens with zero attached hydrogens (tertiary/aromatic N) is 1. The Hall–Kier alpha value is -1.64. The monoisotopic (exact) mass is 279 g/mol. The van der Waals surface area contributed by atoms with Crippen molar-refractivity contribution in [1.82, 2.24) is 4.90 Å². The van der Waals surface area contributed by atoms with Crippen LogP contribution in [0.5, 0.6) is 0 Å². The molecule has 2 nitrogen and oxygen atoms in total. The predicted octanol–water partition coefficient (Wildman–Crippen LogP) is 2.92. The zero-order chi connectivity index (χ0) is 14.3. The van der Waals surface area contributed by atoms with Crippen molar-refractivity contribution in [2.45, 2.75) is 23.9 Å². The van der Waals surface area contributed by atoms with E-state index in [1.807, 2.05) is 18.2 Å². The summed E-state index contributed by atoms with van der Waals surface area (Å²) in [6.07, 6.45) is 2.06. The summed E-state index contributed by atoms with van der Waals surface area (Å²) in [6, 6.07) is 20.9. The van der Waals surface area contributed by atoms with Crippen LogP contribution in [0.15, 0.2) is 60.7 Å². The Kier molecular flexibility index (Phi) is 2.91. The van der Waals surface area contributed by atoms with Gasteiger partial charge in [-0.15, -0.1) is 0 Å². The van der Waals surface area contributed by atoms with Crippen LogP contribution in [-0.4, -0.2) is 29.6 Å². The highest BCUT2D eigenvalue weighted by Crippen LogP contribution is 2.53. The Bertz CT molecular complexity index is 617. The Morgan fingerprint density at radius 3 is 1.86 bits per heavy atom. The van der Waals surface area contributed by atoms with Gasteiger partial charge in [0.05, 0.1) is 0 Å². The van der Waals surface area contributed by atoms with E-state index in [0.717, 1.165) is 38.0 Å². The topological polar surface area (TPSA) is 23.5 Å². The molecule has 2 aromatic carbocycles. The van der Waals surface area contributed by atoms with Crippen LogP contribution < -0.4 is 0 Å². The van der Waals surface area contributed by atoms with E-state index >= 15 is 0 Å². The highest BCUT2D eigenvalue weighted by molar-refractivity contribution is 5.39. The SMILES string of the molecule is OC1(c2ccccc2)CN2CCC1(c1ccccc1)CC2. The average Bonchev–Trinajstić information content (AvgIpc) is 2.57. The van der Waals surface area contributed by atoms with Gasteiger partial charge in [-0.25, -0.2) is 0 Å². The number of rotatable bonds is 2. The molecular weight excluding hydrogens is 258 g/mol. The molecule has 0 spiro atoms. The van der Waals surface area contributed by atoms with E-state index in [9.17, 15) is 5.11 Å². The maximum atomic E-state index is 11.7. The number of aliphatic hydroxyl groups is 1. The molecule has 1 N–H and O–H groups in total. The molecule has 2 bridgehead atoms. The third-order valence-corrected chi connectivity index (χ3v) is 5.53. The van der Waals surface area contributed by atoms with Crippen molar-refractivity contribution in [3.8, 4) is 0 Å². The van der Waals surface area contributed by atoms with Crippen molar-refractivity contribution in [3.63, 3.8) is 0 Å². The van der Waals surface area contributed by atoms with Crippen molar-refractivity contribution in [2.24, 2.45) is 0 Å². The molecule has 3 saturated heterocycles. The molecule has 0 saturated carbocycles. The first-order chi connectivity index (χ1) is 10.2. The first-order valence-electron chi connectivity index (χ1n) is 7.80. The second-order valence-corrected chi connectivity index (χ2v) is 6.45. The summed E-state index contributed by atoms with van der Waals surface area (Å²) in [5.74, 6) is 0. The fourth-order valence-electron chi connectivity index (χ4n) is 4.35. The minimum absolute atomic E-state index is 0.148. The maximum absolute atomic E-state index is 11.7. The lowest BCUT2D eigenvalue weighted by molar-refractivity contribution is -0.139. The fourth-order valence-corrected chi connectivity index (χ4v) is 4.35. The van der Waals surface area contributed by atoms with E-state index in [2.05, 4.69) is 47.4 Å². The first-order valence-corrected chi connectivity index (χ1v) is 7.80. The molecule has 0 aromatic heterocycles. The number of benzene rings is 2. The summed E-state index contributed by atoms with van der Waals surface area (Å²) in [4.78, 5) is 2.40. The van der Waals surface area contributed by atoms with E-state index in [1.54, 1.807) is 0 Å². The molecule has 0 radical (unpaired) electrons. The molecule has 1 atom stereocenters. The van der Waals surface area contributed by atoms with Crippen LogP contribution in [0.2, 0.25) is 0 Å². The lowest BCUT2D eigenvalue weighted by Gasteiger charge is -2.59. The second kappa shape index (κ2) is 4.69. The lowest BCUT2D eigenvalue weighted by Crippen LogP contribution is -2.66. The van der Waals surface area contributed by atoms with Crippen molar-refractivity contribution in [3.05, 3.63) is 71.8 Å². The van der Waals surface area contributed by atoms with Crippen molar-refractivity contribution < 1.29 is 5.11 Å². The molecule has 3 fully saturated rings. The highest BCUT2D eigenvalue weighted by Gasteiger charge is 2.58. The van der Waals surface area contributed by atoms with Gasteiger partial charge >= 0.3 is 0 Å². The first kappa shape index (κ1) is 13.1. The van der Waals surface area contributed by atoms with Crippen molar-refractivity contribution in [1.29, 1.82) is 0 Å². The lowest BCUT2D eigenvalue weighted by atomic mass is 9.56. The third kappa shape index (κ3) is 1.79. The normalized spacial score (nSPS) is 34.8. The smallest absolute Gasteiger partial charge is 0.112 e. The van der Waals surface area contributed by atoms with Gasteiger partial charge in [-0.3, -0.25) is 0 Å². The molecule has 3 aliphatic rings. The van der Waals surface area contributed by atoms with Gasteiger partial charge in [0.1, 0.15) is 5.60 Å². The number of hydrogen-bond donors (Lipinski definition) is 1. The number of hydrogen-bond acceptors (Lipinski definition) is 2. The third-order valence-electron chi connectivity index (χ3n) is 5.53. The molecule has 108 valence electrons. The van der Waals surface area contributed by atoms with Crippen LogP contribution in [0.1, 0.15) is 24.0 Å². The van der Waals surface area contributed by atoms with Crippen LogP contribution in [-0.2, 0) is 11.0 Å². The largest absolute Gasteiger partial charge is 0.383 e. The minimum Gasteiger partial charge on any atom is -0.383 e. The summed E-state index contributed by atoms with van der Waals surface area (Å²) >= 11 is 0. The second-order valence-electron chi connectivity index (χ2n) is 6.45. The summed E-state index contributed by atoms with van der Waals surface area (Å²) in [5.41, 5.74) is 1.41. The molecule has 2 aromatic rings. The van der Waals surface area contributed by atoms with Crippen LogP contribution >= 0.6 is 0 Å².